The molecule has 2 atom stereocenters. The topological polar surface area (TPSA) is 62.8 Å². The lowest BCUT2D eigenvalue weighted by Crippen LogP contribution is -2.39. The van der Waals surface area contributed by atoms with E-state index in [1.54, 1.807) is 0 Å². The van der Waals surface area contributed by atoms with Crippen molar-refractivity contribution >= 4 is 76.7 Å². The van der Waals surface area contributed by atoms with Crippen molar-refractivity contribution in [2.45, 2.75) is 12.6 Å². The molecule has 5 nitrogen and oxygen atoms in total. The molecule has 12 rings (SSSR count). The molecular weight excluding hydrogens is 721 g/mol. The summed E-state index contributed by atoms with van der Waals surface area (Å²) < 4.78 is 6.81. The molecule has 0 amide bonds. The molecule has 3 heterocycles. The molecule has 278 valence electrons. The molecule has 0 saturated heterocycles. The predicted octanol–water partition coefficient (Wildman–Crippen LogP) is 13.5. The third kappa shape index (κ3) is 5.50. The lowest BCUT2D eigenvalue weighted by molar-refractivity contribution is 0.669. The Morgan fingerprint density at radius 2 is 1.20 bits per heavy atom. The molecule has 2 unspecified atom stereocenters. The van der Waals surface area contributed by atoms with Crippen LogP contribution in [-0.2, 0) is 0 Å². The first-order chi connectivity index (χ1) is 29.2. The number of pyridine rings is 1. The monoisotopic (exact) mass is 756 g/mol. The van der Waals surface area contributed by atoms with E-state index in [-0.39, 0.29) is 5.92 Å². The van der Waals surface area contributed by atoms with Crippen LogP contribution in [0.15, 0.2) is 203 Å². The van der Waals surface area contributed by atoms with Crippen LogP contribution in [0.4, 0.5) is 0 Å². The third-order valence-electron chi connectivity index (χ3n) is 12.1. The van der Waals surface area contributed by atoms with Gasteiger partial charge < -0.3 is 9.73 Å². The summed E-state index contributed by atoms with van der Waals surface area (Å²) in [5, 5.41) is 15.5. The molecule has 10 aromatic rings. The molecule has 1 aliphatic heterocycles. The van der Waals surface area contributed by atoms with E-state index in [2.05, 4.69) is 169 Å². The highest BCUT2D eigenvalue weighted by Gasteiger charge is 2.27. The van der Waals surface area contributed by atoms with Gasteiger partial charge >= 0.3 is 0 Å². The van der Waals surface area contributed by atoms with Crippen LogP contribution in [0.5, 0.6) is 0 Å². The van der Waals surface area contributed by atoms with Crippen LogP contribution in [0.1, 0.15) is 23.7 Å². The maximum atomic E-state index is 6.81. The number of furan rings is 1. The molecule has 8 aromatic carbocycles. The normalized spacial score (nSPS) is 16.6. The predicted molar refractivity (Wildman–Crippen MR) is 245 cm³/mol. The first-order valence-electron chi connectivity index (χ1n) is 20.2. The van der Waals surface area contributed by atoms with Gasteiger partial charge in [-0.15, -0.1) is 0 Å². The minimum absolute atomic E-state index is 0.109. The number of allylic oxidation sites excluding steroid dienone is 3. The van der Waals surface area contributed by atoms with Crippen molar-refractivity contribution in [1.29, 1.82) is 0 Å². The Labute approximate surface area is 340 Å². The van der Waals surface area contributed by atoms with E-state index in [1.165, 1.54) is 54.2 Å². The number of nitrogens with one attached hydrogen (secondary N) is 1. The van der Waals surface area contributed by atoms with E-state index in [1.807, 2.05) is 24.5 Å². The standard InChI is InChI=1S/C54H36N4O/c1-2-13-35(14-3-1)52-56-53(36-26-24-34(25-27-36)39-21-10-15-33-12-4-5-16-38(33)39)58-54(57-52)45-22-11-23-49-50(45)48-32-55-31-47(51(48)59-49)37-28-29-44-42-19-7-6-17-40(42)41-18-8-9-20-43(41)46(44)30-37/h1-13,15-32,35,53H,14H2,(H,56,57,58). The maximum Gasteiger partial charge on any atom is 0.169 e. The van der Waals surface area contributed by atoms with Gasteiger partial charge in [0.25, 0.3) is 0 Å². The molecule has 5 heteroatoms. The molecule has 0 radical (unpaired) electrons. The van der Waals surface area contributed by atoms with Crippen LogP contribution in [0, 0.1) is 5.92 Å². The summed E-state index contributed by atoms with van der Waals surface area (Å²) in [5.74, 6) is 1.78. The zero-order valence-electron chi connectivity index (χ0n) is 32.0. The van der Waals surface area contributed by atoms with E-state index in [9.17, 15) is 0 Å². The summed E-state index contributed by atoms with van der Waals surface area (Å²) in [5.41, 5.74) is 7.97. The summed E-state index contributed by atoms with van der Waals surface area (Å²) in [4.78, 5) is 15.4. The summed E-state index contributed by atoms with van der Waals surface area (Å²) >= 11 is 0. The molecule has 2 aromatic heterocycles. The molecule has 1 N–H and O–H groups in total. The summed E-state index contributed by atoms with van der Waals surface area (Å²) in [7, 11) is 0. The molecule has 59 heavy (non-hydrogen) atoms. The second kappa shape index (κ2) is 13.5. The average Bonchev–Trinajstić information content (AvgIpc) is 3.71. The molecule has 1 aliphatic carbocycles. The molecule has 0 saturated carbocycles. The van der Waals surface area contributed by atoms with Crippen LogP contribution in [0.25, 0.3) is 87.3 Å². The molecule has 0 bridgehead atoms. The van der Waals surface area contributed by atoms with Crippen LogP contribution in [0.2, 0.25) is 0 Å². The van der Waals surface area contributed by atoms with Crippen molar-refractivity contribution in [3.63, 3.8) is 0 Å². The highest BCUT2D eigenvalue weighted by molar-refractivity contribution is 6.26. The minimum Gasteiger partial charge on any atom is -0.455 e. The summed E-state index contributed by atoms with van der Waals surface area (Å²) in [6.45, 7) is 0. The van der Waals surface area contributed by atoms with Gasteiger partial charge in [-0.1, -0.05) is 164 Å². The van der Waals surface area contributed by atoms with Crippen molar-refractivity contribution in [3.05, 3.63) is 199 Å². The fourth-order valence-corrected chi connectivity index (χ4v) is 9.26. The first kappa shape index (κ1) is 33.5. The van der Waals surface area contributed by atoms with Gasteiger partial charge in [0.1, 0.15) is 22.8 Å². The van der Waals surface area contributed by atoms with Gasteiger partial charge in [-0.2, -0.15) is 0 Å². The summed E-state index contributed by atoms with van der Waals surface area (Å²) in [6.07, 6.45) is 12.9. The van der Waals surface area contributed by atoms with Crippen molar-refractivity contribution in [3.8, 4) is 22.3 Å². The average molecular weight is 757 g/mol. The van der Waals surface area contributed by atoms with E-state index in [0.29, 0.717) is 0 Å². The smallest absolute Gasteiger partial charge is 0.169 e. The fourth-order valence-electron chi connectivity index (χ4n) is 9.26. The van der Waals surface area contributed by atoms with Gasteiger partial charge in [0.15, 0.2) is 6.17 Å². The third-order valence-corrected chi connectivity index (χ3v) is 12.1. The van der Waals surface area contributed by atoms with Crippen LogP contribution in [-0.4, -0.2) is 16.7 Å². The molecule has 0 fully saturated rings. The number of hydrogen-bond donors (Lipinski definition) is 1. The number of benzene rings is 8. The fraction of sp³-hybridized carbons (Fsp3) is 0.0556. The van der Waals surface area contributed by atoms with Crippen LogP contribution in [0.3, 0.4) is 0 Å². The molecular formula is C54H36N4O. The Kier molecular flexibility index (Phi) is 7.67. The van der Waals surface area contributed by atoms with Crippen molar-refractivity contribution in [1.82, 2.24) is 10.3 Å². The highest BCUT2D eigenvalue weighted by atomic mass is 16.3. The minimum atomic E-state index is -0.423. The van der Waals surface area contributed by atoms with E-state index < -0.39 is 6.17 Å². The number of hydrogen-bond acceptors (Lipinski definition) is 5. The van der Waals surface area contributed by atoms with Crippen LogP contribution < -0.4 is 5.32 Å². The first-order valence-corrected chi connectivity index (χ1v) is 20.2. The number of aromatic nitrogens is 1. The van der Waals surface area contributed by atoms with Gasteiger partial charge in [-0.05, 0) is 83.9 Å². The maximum absolute atomic E-state index is 6.81. The Morgan fingerprint density at radius 1 is 0.525 bits per heavy atom. The zero-order chi connectivity index (χ0) is 38.9. The highest BCUT2D eigenvalue weighted by Crippen LogP contribution is 2.41. The second-order valence-corrected chi connectivity index (χ2v) is 15.5. The second-order valence-electron chi connectivity index (χ2n) is 15.5. The van der Waals surface area contributed by atoms with Gasteiger partial charge in [0.05, 0.1) is 0 Å². The molecule has 0 spiro atoms. The van der Waals surface area contributed by atoms with E-state index in [0.717, 1.165) is 62.3 Å². The SMILES string of the molecule is C1=CCC(C2=NC(c3ccc(-c4cccc5ccccc45)cc3)N=C(c3cccc4oc5c(-c6ccc7c8ccccc8c8ccccc8c7c6)cncc5c34)N2)C=C1. The number of fused-ring (bicyclic) bond motifs is 10. The molecule has 2 aliphatic rings. The largest absolute Gasteiger partial charge is 0.455 e. The van der Waals surface area contributed by atoms with Gasteiger partial charge in [-0.25, -0.2) is 9.98 Å². The number of amidine groups is 2. The van der Waals surface area contributed by atoms with Gasteiger partial charge in [0, 0.05) is 40.2 Å². The van der Waals surface area contributed by atoms with Crippen LogP contribution >= 0.6 is 0 Å². The Balaban J connectivity index is 0.982. The quantitative estimate of drug-likeness (QED) is 0.178. The van der Waals surface area contributed by atoms with Crippen molar-refractivity contribution in [2.75, 3.05) is 0 Å². The van der Waals surface area contributed by atoms with E-state index >= 15 is 0 Å². The van der Waals surface area contributed by atoms with E-state index in [4.69, 9.17) is 19.4 Å². The Bertz CT molecular complexity index is 3420. The number of rotatable bonds is 5. The lowest BCUT2D eigenvalue weighted by atomic mass is 9.92. The number of nitrogens with zero attached hydrogens (tertiary/aromatic N) is 3. The van der Waals surface area contributed by atoms with Gasteiger partial charge in [-0.3, -0.25) is 4.98 Å². The number of aliphatic imine (C=N–C) groups is 2. The Morgan fingerprint density at radius 3 is 1.98 bits per heavy atom. The van der Waals surface area contributed by atoms with Crippen molar-refractivity contribution in [2.24, 2.45) is 15.9 Å². The summed E-state index contributed by atoms with van der Waals surface area (Å²) in [6, 6.07) is 54.1. The zero-order valence-corrected chi connectivity index (χ0v) is 32.0. The van der Waals surface area contributed by atoms with Gasteiger partial charge in [0.2, 0.25) is 0 Å². The Hall–Kier alpha value is -7.63. The lowest BCUT2D eigenvalue weighted by Gasteiger charge is -2.26. The van der Waals surface area contributed by atoms with Crippen molar-refractivity contribution < 1.29 is 4.42 Å².